The molecular formula is C16H15Cl2N5O2S. The quantitative estimate of drug-likeness (QED) is 0.403. The van der Waals surface area contributed by atoms with Gasteiger partial charge < -0.3 is 9.88 Å². The number of anilines is 1. The Kier molecular flexibility index (Phi) is 5.27. The van der Waals surface area contributed by atoms with Crippen molar-refractivity contribution in [2.75, 3.05) is 25.3 Å². The summed E-state index contributed by atoms with van der Waals surface area (Å²) in [5.41, 5.74) is 0.0468. The van der Waals surface area contributed by atoms with E-state index in [2.05, 4.69) is 15.0 Å². The van der Waals surface area contributed by atoms with E-state index < -0.39 is 11.1 Å². The smallest absolute Gasteiger partial charge is 0.318 e. The first-order valence-electron chi connectivity index (χ1n) is 7.52. The Hall–Kier alpha value is -2.03. The van der Waals surface area contributed by atoms with Gasteiger partial charge >= 0.3 is 11.1 Å². The number of halogens is 2. The molecule has 0 aliphatic carbocycles. The molecule has 26 heavy (non-hydrogen) atoms. The SMILES string of the molecule is CSc1nc(N(C)C)c2[nH]c(=O)c(=O)n(Cc3ccc(Cl)c(Cl)c3)c2n1. The Morgan fingerprint density at radius 1 is 1.19 bits per heavy atom. The summed E-state index contributed by atoms with van der Waals surface area (Å²) in [6, 6.07) is 5.05. The van der Waals surface area contributed by atoms with Crippen molar-refractivity contribution in [2.24, 2.45) is 0 Å². The van der Waals surface area contributed by atoms with Gasteiger partial charge in [0.05, 0.1) is 16.6 Å². The van der Waals surface area contributed by atoms with Gasteiger partial charge in [-0.05, 0) is 24.0 Å². The van der Waals surface area contributed by atoms with E-state index in [1.807, 2.05) is 6.26 Å². The number of aromatic nitrogens is 4. The molecule has 0 saturated heterocycles. The van der Waals surface area contributed by atoms with Gasteiger partial charge in [0.15, 0.2) is 16.6 Å². The molecule has 0 amide bonds. The maximum absolute atomic E-state index is 12.5. The minimum atomic E-state index is -0.735. The Labute approximate surface area is 163 Å². The summed E-state index contributed by atoms with van der Waals surface area (Å²) in [5, 5.41) is 1.29. The summed E-state index contributed by atoms with van der Waals surface area (Å²) < 4.78 is 1.32. The zero-order valence-electron chi connectivity index (χ0n) is 14.2. The number of thioether (sulfide) groups is 1. The predicted octanol–water partition coefficient (Wildman–Crippen LogP) is 2.62. The van der Waals surface area contributed by atoms with E-state index in [1.54, 1.807) is 37.2 Å². The van der Waals surface area contributed by atoms with Crippen LogP contribution in [0.25, 0.3) is 11.2 Å². The van der Waals surface area contributed by atoms with Gasteiger partial charge in [-0.2, -0.15) is 0 Å². The van der Waals surface area contributed by atoms with Crippen LogP contribution in [0.4, 0.5) is 5.82 Å². The van der Waals surface area contributed by atoms with E-state index in [0.717, 1.165) is 5.56 Å². The van der Waals surface area contributed by atoms with Crippen molar-refractivity contribution in [1.29, 1.82) is 0 Å². The fourth-order valence-corrected chi connectivity index (χ4v) is 3.17. The third-order valence-electron chi connectivity index (χ3n) is 3.71. The number of nitrogens with one attached hydrogen (secondary N) is 1. The van der Waals surface area contributed by atoms with Gasteiger partial charge in [-0.25, -0.2) is 9.97 Å². The number of fused-ring (bicyclic) bond motifs is 1. The standard InChI is InChI=1S/C16H15Cl2N5O2S/c1-22(2)12-11-13(21-16(20-12)26-3)23(15(25)14(24)19-11)7-8-4-5-9(17)10(18)6-8/h4-6H,7H2,1-3H3,(H,19,24). The molecule has 10 heteroatoms. The van der Waals surface area contributed by atoms with Crippen molar-refractivity contribution in [3.05, 3.63) is 54.5 Å². The first-order chi connectivity index (χ1) is 12.3. The Bertz CT molecular complexity index is 1110. The lowest BCUT2D eigenvalue weighted by Crippen LogP contribution is -2.37. The molecule has 0 aliphatic rings. The van der Waals surface area contributed by atoms with Gasteiger partial charge in [0.25, 0.3) is 0 Å². The molecule has 2 aromatic heterocycles. The molecule has 0 saturated carbocycles. The van der Waals surface area contributed by atoms with E-state index in [-0.39, 0.29) is 6.54 Å². The van der Waals surface area contributed by atoms with Crippen molar-refractivity contribution in [2.45, 2.75) is 11.7 Å². The Morgan fingerprint density at radius 2 is 1.92 bits per heavy atom. The van der Waals surface area contributed by atoms with E-state index in [0.29, 0.717) is 32.2 Å². The molecule has 3 aromatic rings. The second kappa shape index (κ2) is 7.30. The van der Waals surface area contributed by atoms with Crippen LogP contribution in [0.1, 0.15) is 5.56 Å². The molecule has 0 unspecified atom stereocenters. The van der Waals surface area contributed by atoms with E-state index in [9.17, 15) is 9.59 Å². The van der Waals surface area contributed by atoms with Crippen LogP contribution in [0.3, 0.4) is 0 Å². The molecule has 7 nitrogen and oxygen atoms in total. The zero-order valence-corrected chi connectivity index (χ0v) is 16.5. The third-order valence-corrected chi connectivity index (χ3v) is 5.00. The van der Waals surface area contributed by atoms with Crippen molar-refractivity contribution < 1.29 is 0 Å². The van der Waals surface area contributed by atoms with E-state index in [1.165, 1.54) is 16.3 Å². The van der Waals surface area contributed by atoms with Crippen LogP contribution in [-0.2, 0) is 6.54 Å². The number of H-pyrrole nitrogens is 1. The van der Waals surface area contributed by atoms with Crippen molar-refractivity contribution >= 4 is 51.9 Å². The van der Waals surface area contributed by atoms with Crippen molar-refractivity contribution in [3.8, 4) is 0 Å². The molecule has 136 valence electrons. The molecule has 0 atom stereocenters. The van der Waals surface area contributed by atoms with Gasteiger partial charge in [-0.15, -0.1) is 0 Å². The largest absolute Gasteiger partial charge is 0.361 e. The van der Waals surface area contributed by atoms with Crippen LogP contribution in [-0.4, -0.2) is 39.9 Å². The fourth-order valence-electron chi connectivity index (χ4n) is 2.49. The first kappa shape index (κ1) is 18.8. The molecule has 1 N–H and O–H groups in total. The van der Waals surface area contributed by atoms with E-state index in [4.69, 9.17) is 23.2 Å². The van der Waals surface area contributed by atoms with Crippen LogP contribution >= 0.6 is 35.0 Å². The molecule has 0 radical (unpaired) electrons. The lowest BCUT2D eigenvalue weighted by molar-refractivity contribution is 0.752. The first-order valence-corrected chi connectivity index (χ1v) is 9.50. The molecule has 0 fully saturated rings. The minimum absolute atomic E-state index is 0.133. The summed E-state index contributed by atoms with van der Waals surface area (Å²) in [6.07, 6.45) is 1.84. The second-order valence-electron chi connectivity index (χ2n) is 5.72. The fraction of sp³-hybridized carbons (Fsp3) is 0.250. The third kappa shape index (κ3) is 3.44. The Morgan fingerprint density at radius 3 is 2.54 bits per heavy atom. The summed E-state index contributed by atoms with van der Waals surface area (Å²) in [5.74, 6) is 0.527. The monoisotopic (exact) mass is 411 g/mol. The van der Waals surface area contributed by atoms with Gasteiger partial charge in [0, 0.05) is 14.1 Å². The number of nitrogens with zero attached hydrogens (tertiary/aromatic N) is 4. The summed E-state index contributed by atoms with van der Waals surface area (Å²) >= 11 is 13.4. The lowest BCUT2D eigenvalue weighted by atomic mass is 10.2. The molecule has 2 heterocycles. The highest BCUT2D eigenvalue weighted by Crippen LogP contribution is 2.25. The highest BCUT2D eigenvalue weighted by atomic mass is 35.5. The van der Waals surface area contributed by atoms with E-state index >= 15 is 0 Å². The predicted molar refractivity (Wildman–Crippen MR) is 106 cm³/mol. The molecule has 0 aliphatic heterocycles. The second-order valence-corrected chi connectivity index (χ2v) is 7.31. The summed E-state index contributed by atoms with van der Waals surface area (Å²) in [4.78, 5) is 37.9. The zero-order chi connectivity index (χ0) is 19.0. The van der Waals surface area contributed by atoms with Gasteiger partial charge in [0.1, 0.15) is 5.52 Å². The molecule has 3 rings (SSSR count). The summed E-state index contributed by atoms with van der Waals surface area (Å²) in [6.45, 7) is 0.133. The van der Waals surface area contributed by atoms with Crippen LogP contribution in [0, 0.1) is 0 Å². The average molecular weight is 412 g/mol. The van der Waals surface area contributed by atoms with Crippen LogP contribution < -0.4 is 16.0 Å². The van der Waals surface area contributed by atoms with Crippen LogP contribution in [0.2, 0.25) is 10.0 Å². The van der Waals surface area contributed by atoms with Crippen molar-refractivity contribution in [3.63, 3.8) is 0 Å². The minimum Gasteiger partial charge on any atom is -0.361 e. The van der Waals surface area contributed by atoms with Gasteiger partial charge in [-0.1, -0.05) is 41.0 Å². The molecular weight excluding hydrogens is 397 g/mol. The number of benzene rings is 1. The van der Waals surface area contributed by atoms with Crippen LogP contribution in [0.15, 0.2) is 32.9 Å². The van der Waals surface area contributed by atoms with Crippen LogP contribution in [0.5, 0.6) is 0 Å². The normalized spacial score (nSPS) is 11.1. The average Bonchev–Trinajstić information content (AvgIpc) is 2.61. The Balaban J connectivity index is 2.30. The highest BCUT2D eigenvalue weighted by Gasteiger charge is 2.17. The maximum atomic E-state index is 12.5. The van der Waals surface area contributed by atoms with Crippen molar-refractivity contribution in [1.82, 2.24) is 19.5 Å². The number of hydrogen-bond donors (Lipinski definition) is 1. The lowest BCUT2D eigenvalue weighted by Gasteiger charge is -2.16. The maximum Gasteiger partial charge on any atom is 0.318 e. The molecule has 0 bridgehead atoms. The number of aromatic amines is 1. The number of rotatable bonds is 4. The number of hydrogen-bond acceptors (Lipinski definition) is 6. The molecule has 0 spiro atoms. The summed E-state index contributed by atoms with van der Waals surface area (Å²) in [7, 11) is 3.61. The highest BCUT2D eigenvalue weighted by molar-refractivity contribution is 7.98. The topological polar surface area (TPSA) is 83.9 Å². The molecule has 1 aromatic carbocycles. The van der Waals surface area contributed by atoms with Gasteiger partial charge in [-0.3, -0.25) is 14.2 Å². The van der Waals surface area contributed by atoms with Gasteiger partial charge in [0.2, 0.25) is 0 Å².